The Bertz CT molecular complexity index is 557. The van der Waals surface area contributed by atoms with E-state index in [0.29, 0.717) is 6.54 Å². The van der Waals surface area contributed by atoms with Crippen LogP contribution in [0.5, 0.6) is 0 Å². The monoisotopic (exact) mass is 260 g/mol. The lowest BCUT2D eigenvalue weighted by Gasteiger charge is -2.05. The number of rotatable bonds is 5. The molecule has 0 atom stereocenters. The number of anilines is 1. The number of azo groups is 1. The molecule has 0 saturated heterocycles. The first-order valence-electron chi connectivity index (χ1n) is 6.09. The second kappa shape index (κ2) is 6.10. The summed E-state index contributed by atoms with van der Waals surface area (Å²) < 4.78 is 3.79. The fraction of sp³-hybridized carbons (Fsp3) is 0.308. The van der Waals surface area contributed by atoms with Gasteiger partial charge in [0.1, 0.15) is 5.69 Å². The number of nitrogens with zero attached hydrogens (tertiary/aromatic N) is 4. The third-order valence-corrected chi connectivity index (χ3v) is 2.72. The molecule has 19 heavy (non-hydrogen) atoms. The van der Waals surface area contributed by atoms with E-state index in [9.17, 15) is 0 Å². The highest BCUT2D eigenvalue weighted by atomic mass is 16.3. The Kier molecular flexibility index (Phi) is 4.25. The van der Waals surface area contributed by atoms with Gasteiger partial charge in [-0.2, -0.15) is 0 Å². The molecule has 0 spiro atoms. The van der Waals surface area contributed by atoms with E-state index in [0.717, 1.165) is 17.3 Å². The molecule has 1 heterocycles. The first kappa shape index (κ1) is 13.2. The molecule has 0 saturated carbocycles. The maximum atomic E-state index is 8.85. The average molecular weight is 260 g/mol. The molecule has 0 aliphatic rings. The van der Waals surface area contributed by atoms with Crippen LogP contribution in [0.15, 0.2) is 46.9 Å². The Labute approximate surface area is 112 Å². The van der Waals surface area contributed by atoms with Crippen LogP contribution in [-0.4, -0.2) is 22.8 Å². The Morgan fingerprint density at radius 2 is 2.11 bits per heavy atom. The van der Waals surface area contributed by atoms with Gasteiger partial charge in [0.25, 0.3) is 0 Å². The second-order valence-electron chi connectivity index (χ2n) is 4.19. The minimum Gasteiger partial charge on any atom is -0.395 e. The van der Waals surface area contributed by atoms with Crippen LogP contribution in [0.3, 0.4) is 0 Å². The highest BCUT2D eigenvalue weighted by Gasteiger charge is 2.11. The quantitative estimate of drug-likeness (QED) is 0.634. The van der Waals surface area contributed by atoms with Gasteiger partial charge >= 0.3 is 5.95 Å². The molecule has 0 unspecified atom stereocenters. The molecule has 0 aliphatic heterocycles. The lowest BCUT2D eigenvalue weighted by Crippen LogP contribution is -2.25. The van der Waals surface area contributed by atoms with Crippen molar-refractivity contribution in [1.82, 2.24) is 4.57 Å². The zero-order valence-electron chi connectivity index (χ0n) is 11.1. The number of imidazole rings is 1. The van der Waals surface area contributed by atoms with Crippen LogP contribution in [0, 0.1) is 0 Å². The lowest BCUT2D eigenvalue weighted by atomic mass is 10.3. The summed E-state index contributed by atoms with van der Waals surface area (Å²) in [6, 6.07) is 7.62. The SMILES string of the molecule is Cn1cc[n+](C)c1N=Nc1ccccc1NCCO. The van der Waals surface area contributed by atoms with Crippen LogP contribution in [0.4, 0.5) is 17.3 Å². The summed E-state index contributed by atoms with van der Waals surface area (Å²) in [5.74, 6) is 0.761. The normalized spacial score (nSPS) is 11.1. The van der Waals surface area contributed by atoms with E-state index in [1.54, 1.807) is 0 Å². The summed E-state index contributed by atoms with van der Waals surface area (Å²) in [5.41, 5.74) is 1.61. The lowest BCUT2D eigenvalue weighted by molar-refractivity contribution is -0.657. The van der Waals surface area contributed by atoms with E-state index in [4.69, 9.17) is 5.11 Å². The molecule has 0 bridgehead atoms. The zero-order chi connectivity index (χ0) is 13.7. The van der Waals surface area contributed by atoms with E-state index in [1.165, 1.54) is 0 Å². The van der Waals surface area contributed by atoms with Crippen molar-refractivity contribution in [1.29, 1.82) is 0 Å². The number of para-hydroxylation sites is 1. The zero-order valence-corrected chi connectivity index (χ0v) is 11.1. The number of nitrogens with one attached hydrogen (secondary N) is 1. The van der Waals surface area contributed by atoms with Gasteiger partial charge in [-0.1, -0.05) is 17.2 Å². The van der Waals surface area contributed by atoms with Gasteiger partial charge in [-0.15, -0.1) is 0 Å². The number of aliphatic hydroxyl groups is 1. The van der Waals surface area contributed by atoms with E-state index in [1.807, 2.05) is 59.9 Å². The number of aliphatic hydroxyl groups excluding tert-OH is 1. The number of benzene rings is 1. The highest BCUT2D eigenvalue weighted by molar-refractivity contribution is 5.64. The van der Waals surface area contributed by atoms with Gasteiger partial charge < -0.3 is 10.4 Å². The van der Waals surface area contributed by atoms with Gasteiger partial charge in [-0.3, -0.25) is 0 Å². The Morgan fingerprint density at radius 1 is 1.32 bits per heavy atom. The van der Waals surface area contributed by atoms with Crippen molar-refractivity contribution in [2.24, 2.45) is 24.3 Å². The summed E-state index contributed by atoms with van der Waals surface area (Å²) in [5, 5.41) is 20.5. The van der Waals surface area contributed by atoms with Crippen molar-refractivity contribution >= 4 is 17.3 Å². The molecule has 2 aromatic rings. The Morgan fingerprint density at radius 3 is 2.79 bits per heavy atom. The molecule has 6 nitrogen and oxygen atoms in total. The number of hydrogen-bond donors (Lipinski definition) is 2. The summed E-state index contributed by atoms with van der Waals surface area (Å²) >= 11 is 0. The molecule has 0 amide bonds. The van der Waals surface area contributed by atoms with Crippen LogP contribution < -0.4 is 9.88 Å². The standard InChI is InChI=1S/C13H17N5O/c1-17-8-9-18(2)13(17)16-15-12-6-4-3-5-11(12)14-7-10-19/h3-6,8-9,19H,7,10H2,1-2H3/p+1. The fourth-order valence-corrected chi connectivity index (χ4v) is 1.72. The van der Waals surface area contributed by atoms with Gasteiger partial charge in [0, 0.05) is 11.7 Å². The van der Waals surface area contributed by atoms with Gasteiger partial charge in [-0.25, -0.2) is 9.13 Å². The maximum Gasteiger partial charge on any atom is 0.421 e. The summed E-state index contributed by atoms with van der Waals surface area (Å²) in [6.07, 6.45) is 3.84. The Balaban J connectivity index is 2.23. The summed E-state index contributed by atoms with van der Waals surface area (Å²) in [6.45, 7) is 0.572. The van der Waals surface area contributed by atoms with Crippen LogP contribution >= 0.6 is 0 Å². The first-order chi connectivity index (χ1) is 9.22. The van der Waals surface area contributed by atoms with Gasteiger partial charge in [-0.05, 0) is 12.1 Å². The highest BCUT2D eigenvalue weighted by Crippen LogP contribution is 2.25. The minimum absolute atomic E-state index is 0.0816. The van der Waals surface area contributed by atoms with E-state index in [-0.39, 0.29) is 6.61 Å². The number of aromatic nitrogens is 2. The first-order valence-corrected chi connectivity index (χ1v) is 6.09. The van der Waals surface area contributed by atoms with Crippen molar-refractivity contribution in [3.05, 3.63) is 36.7 Å². The van der Waals surface area contributed by atoms with Crippen LogP contribution in [-0.2, 0) is 14.1 Å². The van der Waals surface area contributed by atoms with E-state index < -0.39 is 0 Å². The summed E-state index contributed by atoms with van der Waals surface area (Å²) in [4.78, 5) is 0. The number of aryl methyl sites for hydroxylation is 2. The molecule has 1 aromatic heterocycles. The third-order valence-electron chi connectivity index (χ3n) is 2.72. The van der Waals surface area contributed by atoms with E-state index in [2.05, 4.69) is 15.5 Å². The van der Waals surface area contributed by atoms with E-state index >= 15 is 0 Å². The molecule has 6 heteroatoms. The van der Waals surface area contributed by atoms with Crippen LogP contribution in [0.25, 0.3) is 0 Å². The summed E-state index contributed by atoms with van der Waals surface area (Å²) in [7, 11) is 3.84. The molecule has 0 aliphatic carbocycles. The molecular weight excluding hydrogens is 242 g/mol. The van der Waals surface area contributed by atoms with Gasteiger partial charge in [0.15, 0.2) is 0 Å². The molecule has 100 valence electrons. The van der Waals surface area contributed by atoms with Crippen molar-refractivity contribution in [2.45, 2.75) is 0 Å². The van der Waals surface area contributed by atoms with Gasteiger partial charge in [0.05, 0.1) is 38.8 Å². The van der Waals surface area contributed by atoms with Crippen molar-refractivity contribution in [3.8, 4) is 0 Å². The molecule has 0 radical (unpaired) electrons. The largest absolute Gasteiger partial charge is 0.421 e. The molecule has 1 aromatic carbocycles. The minimum atomic E-state index is 0.0816. The average Bonchev–Trinajstić information content (AvgIpc) is 2.74. The fourth-order valence-electron chi connectivity index (χ4n) is 1.72. The predicted molar refractivity (Wildman–Crippen MR) is 72.8 cm³/mol. The second-order valence-corrected chi connectivity index (χ2v) is 4.19. The van der Waals surface area contributed by atoms with Crippen LogP contribution in [0.2, 0.25) is 0 Å². The third kappa shape index (κ3) is 3.17. The molecule has 0 fully saturated rings. The Hall–Kier alpha value is -2.21. The van der Waals surface area contributed by atoms with Crippen LogP contribution in [0.1, 0.15) is 0 Å². The topological polar surface area (TPSA) is 65.8 Å². The van der Waals surface area contributed by atoms with Crippen molar-refractivity contribution < 1.29 is 9.67 Å². The molecule has 2 rings (SSSR count). The van der Waals surface area contributed by atoms with Gasteiger partial charge in [0.2, 0.25) is 0 Å². The maximum absolute atomic E-state index is 8.85. The van der Waals surface area contributed by atoms with Crippen molar-refractivity contribution in [3.63, 3.8) is 0 Å². The van der Waals surface area contributed by atoms with Crippen molar-refractivity contribution in [2.75, 3.05) is 18.5 Å². The number of hydrogen-bond acceptors (Lipinski definition) is 4. The smallest absolute Gasteiger partial charge is 0.395 e. The predicted octanol–water partition coefficient (Wildman–Crippen LogP) is 1.67. The molecular formula is C13H18N5O+. The molecule has 2 N–H and O–H groups in total.